The minimum atomic E-state index is -0.447. The van der Waals surface area contributed by atoms with Gasteiger partial charge in [0, 0.05) is 5.02 Å². The van der Waals surface area contributed by atoms with Crippen LogP contribution in [0.15, 0.2) is 36.4 Å². The first-order valence-corrected chi connectivity index (χ1v) is 7.01. The molecule has 0 heterocycles. The van der Waals surface area contributed by atoms with Crippen LogP contribution in [0.1, 0.15) is 16.7 Å². The fourth-order valence-corrected chi connectivity index (χ4v) is 1.98. The average Bonchev–Trinajstić information content (AvgIpc) is 2.44. The van der Waals surface area contributed by atoms with Crippen LogP contribution in [0.25, 0.3) is 0 Å². The molecule has 0 aliphatic carbocycles. The lowest BCUT2D eigenvalue weighted by Gasteiger charge is -2.11. The maximum atomic E-state index is 11.8. The van der Waals surface area contributed by atoms with E-state index >= 15 is 0 Å². The lowest BCUT2D eigenvalue weighted by molar-refractivity contribution is -0.136. The van der Waals surface area contributed by atoms with Gasteiger partial charge >= 0.3 is 5.97 Å². The Morgan fingerprint density at radius 3 is 2.57 bits per heavy atom. The molecule has 2 aromatic carbocycles. The molecule has 0 atom stereocenters. The number of aryl methyl sites for hydroxylation is 2. The van der Waals surface area contributed by atoms with E-state index in [9.17, 15) is 4.79 Å². The monoisotopic (exact) mass is 304 g/mol. The Hall–Kier alpha value is -2.00. The molecular formula is C17H17ClO3. The van der Waals surface area contributed by atoms with Gasteiger partial charge < -0.3 is 9.47 Å². The highest BCUT2D eigenvalue weighted by Gasteiger charge is 2.09. The molecule has 21 heavy (non-hydrogen) atoms. The number of hydrogen-bond acceptors (Lipinski definition) is 3. The number of benzene rings is 2. The normalized spacial score (nSPS) is 10.3. The van der Waals surface area contributed by atoms with Gasteiger partial charge in [-0.15, -0.1) is 0 Å². The van der Waals surface area contributed by atoms with Crippen molar-refractivity contribution >= 4 is 17.6 Å². The molecule has 0 aromatic heterocycles. The van der Waals surface area contributed by atoms with Crippen LogP contribution >= 0.6 is 11.6 Å². The van der Waals surface area contributed by atoms with Crippen molar-refractivity contribution in [2.24, 2.45) is 0 Å². The minimum absolute atomic E-state index is 0.133. The summed E-state index contributed by atoms with van der Waals surface area (Å²) in [6.07, 6.45) is 0. The number of halogens is 1. The summed E-state index contributed by atoms with van der Waals surface area (Å²) in [5.41, 5.74) is 3.00. The molecule has 0 saturated carbocycles. The largest absolute Gasteiger partial charge is 0.482 e. The highest BCUT2D eigenvalue weighted by atomic mass is 35.5. The second-order valence-electron chi connectivity index (χ2n) is 4.87. The van der Waals surface area contributed by atoms with Gasteiger partial charge in [0.1, 0.15) is 11.5 Å². The van der Waals surface area contributed by atoms with Gasteiger partial charge in [0.15, 0.2) is 6.61 Å². The Morgan fingerprint density at radius 2 is 1.86 bits per heavy atom. The summed E-state index contributed by atoms with van der Waals surface area (Å²) >= 11 is 5.93. The maximum absolute atomic E-state index is 11.8. The second-order valence-corrected chi connectivity index (χ2v) is 5.28. The molecule has 0 N–H and O–H groups in total. The topological polar surface area (TPSA) is 35.5 Å². The van der Waals surface area contributed by atoms with E-state index in [1.807, 2.05) is 39.0 Å². The van der Waals surface area contributed by atoms with E-state index in [-0.39, 0.29) is 6.61 Å². The van der Waals surface area contributed by atoms with Gasteiger partial charge in [-0.2, -0.15) is 0 Å². The van der Waals surface area contributed by atoms with Crippen molar-refractivity contribution in [2.75, 3.05) is 6.61 Å². The number of carbonyl (C=O) groups is 1. The smallest absolute Gasteiger partial charge is 0.349 e. The number of rotatable bonds is 4. The van der Waals surface area contributed by atoms with Crippen LogP contribution in [0.2, 0.25) is 5.02 Å². The SMILES string of the molecule is Cc1cc(OC(=O)COc2cccc(C)c2C)ccc1Cl. The van der Waals surface area contributed by atoms with E-state index in [1.165, 1.54) is 0 Å². The summed E-state index contributed by atoms with van der Waals surface area (Å²) in [6, 6.07) is 10.8. The molecule has 0 amide bonds. The standard InChI is InChI=1S/C17H17ClO3/c1-11-5-4-6-16(13(11)3)20-10-17(19)21-14-7-8-15(18)12(2)9-14/h4-9H,10H2,1-3H3. The number of hydrogen-bond donors (Lipinski definition) is 0. The molecule has 0 aliphatic rings. The van der Waals surface area contributed by atoms with Crippen molar-refractivity contribution in [3.63, 3.8) is 0 Å². The van der Waals surface area contributed by atoms with Crippen molar-refractivity contribution in [2.45, 2.75) is 20.8 Å². The van der Waals surface area contributed by atoms with E-state index in [2.05, 4.69) is 0 Å². The molecule has 4 heteroatoms. The Morgan fingerprint density at radius 1 is 1.10 bits per heavy atom. The number of carbonyl (C=O) groups excluding carboxylic acids is 1. The zero-order chi connectivity index (χ0) is 15.4. The van der Waals surface area contributed by atoms with Gasteiger partial charge in [-0.25, -0.2) is 4.79 Å². The first-order valence-electron chi connectivity index (χ1n) is 6.63. The summed E-state index contributed by atoms with van der Waals surface area (Å²) < 4.78 is 10.7. The summed E-state index contributed by atoms with van der Waals surface area (Å²) in [6.45, 7) is 5.67. The van der Waals surface area contributed by atoms with E-state index in [4.69, 9.17) is 21.1 Å². The van der Waals surface area contributed by atoms with Crippen molar-refractivity contribution < 1.29 is 14.3 Å². The van der Waals surface area contributed by atoms with E-state index in [1.54, 1.807) is 18.2 Å². The molecule has 2 rings (SSSR count). The summed E-state index contributed by atoms with van der Waals surface area (Å²) in [4.78, 5) is 11.8. The Bertz CT molecular complexity index is 665. The predicted molar refractivity (Wildman–Crippen MR) is 83.2 cm³/mol. The summed E-state index contributed by atoms with van der Waals surface area (Å²) in [5.74, 6) is 0.711. The fourth-order valence-electron chi connectivity index (χ4n) is 1.86. The zero-order valence-electron chi connectivity index (χ0n) is 12.3. The number of esters is 1. The third kappa shape index (κ3) is 3.99. The van der Waals surface area contributed by atoms with Crippen molar-refractivity contribution in [1.29, 1.82) is 0 Å². The maximum Gasteiger partial charge on any atom is 0.349 e. The molecule has 110 valence electrons. The molecule has 0 spiro atoms. The lowest BCUT2D eigenvalue weighted by Crippen LogP contribution is -2.18. The van der Waals surface area contributed by atoms with Gasteiger partial charge in [0.05, 0.1) is 0 Å². The van der Waals surface area contributed by atoms with Crippen LogP contribution < -0.4 is 9.47 Å². The minimum Gasteiger partial charge on any atom is -0.482 e. The van der Waals surface area contributed by atoms with Gasteiger partial charge in [-0.3, -0.25) is 0 Å². The van der Waals surface area contributed by atoms with E-state index < -0.39 is 5.97 Å². The first kappa shape index (κ1) is 15.4. The van der Waals surface area contributed by atoms with Crippen LogP contribution in [0, 0.1) is 20.8 Å². The van der Waals surface area contributed by atoms with Gasteiger partial charge in [0.2, 0.25) is 0 Å². The van der Waals surface area contributed by atoms with Crippen molar-refractivity contribution in [3.05, 3.63) is 58.1 Å². The Labute approximate surface area is 129 Å². The van der Waals surface area contributed by atoms with Crippen LogP contribution in [-0.2, 0) is 4.79 Å². The Balaban J connectivity index is 1.96. The van der Waals surface area contributed by atoms with Crippen molar-refractivity contribution in [1.82, 2.24) is 0 Å². The summed E-state index contributed by atoms with van der Waals surface area (Å²) in [5, 5.41) is 0.640. The second kappa shape index (κ2) is 6.64. The molecule has 0 unspecified atom stereocenters. The summed E-state index contributed by atoms with van der Waals surface area (Å²) in [7, 11) is 0. The predicted octanol–water partition coefficient (Wildman–Crippen LogP) is 4.25. The third-order valence-electron chi connectivity index (χ3n) is 3.26. The lowest BCUT2D eigenvalue weighted by atomic mass is 10.1. The van der Waals surface area contributed by atoms with Crippen LogP contribution in [-0.4, -0.2) is 12.6 Å². The third-order valence-corrected chi connectivity index (χ3v) is 3.69. The fraction of sp³-hybridized carbons (Fsp3) is 0.235. The average molecular weight is 305 g/mol. The van der Waals surface area contributed by atoms with E-state index in [0.717, 1.165) is 16.7 Å². The highest BCUT2D eigenvalue weighted by molar-refractivity contribution is 6.31. The van der Waals surface area contributed by atoms with Crippen LogP contribution in [0.3, 0.4) is 0 Å². The van der Waals surface area contributed by atoms with Crippen LogP contribution in [0.4, 0.5) is 0 Å². The van der Waals surface area contributed by atoms with Crippen molar-refractivity contribution in [3.8, 4) is 11.5 Å². The quantitative estimate of drug-likeness (QED) is 0.626. The van der Waals surface area contributed by atoms with Gasteiger partial charge in [-0.1, -0.05) is 23.7 Å². The van der Waals surface area contributed by atoms with Gasteiger partial charge in [-0.05, 0) is 61.7 Å². The molecule has 0 saturated heterocycles. The molecule has 0 radical (unpaired) electrons. The molecule has 3 nitrogen and oxygen atoms in total. The first-order chi connectivity index (χ1) is 9.97. The Kier molecular flexibility index (Phi) is 4.86. The van der Waals surface area contributed by atoms with Crippen LogP contribution in [0.5, 0.6) is 11.5 Å². The highest BCUT2D eigenvalue weighted by Crippen LogP contribution is 2.22. The van der Waals surface area contributed by atoms with Gasteiger partial charge in [0.25, 0.3) is 0 Å². The molecular weight excluding hydrogens is 288 g/mol. The molecule has 0 aliphatic heterocycles. The number of ether oxygens (including phenoxy) is 2. The molecule has 2 aromatic rings. The zero-order valence-corrected chi connectivity index (χ0v) is 13.0. The van der Waals surface area contributed by atoms with E-state index in [0.29, 0.717) is 16.5 Å². The molecule has 0 fully saturated rings. The molecule has 0 bridgehead atoms.